The number of nitrogens with zero attached hydrogens (tertiary/aromatic N) is 7. The largest absolute Gasteiger partial charge is 0.483 e. The summed E-state index contributed by atoms with van der Waals surface area (Å²) in [5, 5.41) is 16.3. The van der Waals surface area contributed by atoms with Crippen molar-refractivity contribution in [1.82, 2.24) is 35.7 Å². The fraction of sp³-hybridized carbons (Fsp3) is 0.350. The summed E-state index contributed by atoms with van der Waals surface area (Å²) in [6.45, 7) is 3.56. The standard InChI is InChI=1S/C21H20BrN3O5.C17H15BrN4O2.CH2O2.CH4.H3N/c1-2-30-21(29)17-16(11-26)18(25(23-17)15-5-3-4-14(22)10-15)24(19(27)12-6-7-12)20(28)13-8-9-13;1-2-24-17(23)14-13-9-19-15(10-6-7-10)20-16(13)22(21-14)12-5-3-4-11(18)8-12;2-1-3;;/h3-5,10-13H,2,6-9H2,1H3;3-5,8-10H,2,6-7H2,1H3;1H,(H,2,3);1H4;1H3. The maximum atomic E-state index is 13.1. The van der Waals surface area contributed by atoms with E-state index in [1.54, 1.807) is 42.9 Å². The molecular formula is C40H44Br2N8O9. The smallest absolute Gasteiger partial charge is 0.359 e. The first-order chi connectivity index (χ1) is 27.5. The van der Waals surface area contributed by atoms with Gasteiger partial charge in [0.05, 0.1) is 35.5 Å². The molecule has 8 rings (SSSR count). The fourth-order valence-electron chi connectivity index (χ4n) is 5.82. The van der Waals surface area contributed by atoms with E-state index in [2.05, 4.69) is 52.0 Å². The number of hydrogen-bond donors (Lipinski definition) is 2. The molecule has 4 N–H and O–H groups in total. The van der Waals surface area contributed by atoms with Crippen molar-refractivity contribution in [3.8, 4) is 11.4 Å². The molecular weight excluding hydrogens is 896 g/mol. The number of anilines is 1. The number of esters is 2. The van der Waals surface area contributed by atoms with Crippen LogP contribution in [0.25, 0.3) is 22.4 Å². The van der Waals surface area contributed by atoms with Gasteiger partial charge >= 0.3 is 11.9 Å². The van der Waals surface area contributed by atoms with Crippen molar-refractivity contribution in [3.63, 3.8) is 0 Å². The second-order valence-electron chi connectivity index (χ2n) is 13.2. The van der Waals surface area contributed by atoms with Crippen LogP contribution in [0.3, 0.4) is 0 Å². The van der Waals surface area contributed by atoms with Crippen LogP contribution < -0.4 is 11.1 Å². The molecule has 0 spiro atoms. The lowest BCUT2D eigenvalue weighted by atomic mass is 10.2. The molecule has 3 aliphatic carbocycles. The van der Waals surface area contributed by atoms with Crippen LogP contribution in [0.2, 0.25) is 0 Å². The lowest BCUT2D eigenvalue weighted by Crippen LogP contribution is -2.41. The normalized spacial score (nSPS) is 13.8. The van der Waals surface area contributed by atoms with Gasteiger partial charge in [-0.1, -0.05) is 51.4 Å². The van der Waals surface area contributed by atoms with Crippen LogP contribution in [-0.2, 0) is 23.9 Å². The van der Waals surface area contributed by atoms with Crippen molar-refractivity contribution < 1.29 is 43.3 Å². The van der Waals surface area contributed by atoms with Crippen LogP contribution in [0.15, 0.2) is 63.7 Å². The van der Waals surface area contributed by atoms with Gasteiger partial charge in [0, 0.05) is 32.9 Å². The Morgan fingerprint density at radius 3 is 1.76 bits per heavy atom. The number of halogens is 2. The van der Waals surface area contributed by atoms with E-state index in [4.69, 9.17) is 19.4 Å². The molecule has 0 atom stereocenters. The van der Waals surface area contributed by atoms with Crippen molar-refractivity contribution >= 4 is 85.2 Å². The van der Waals surface area contributed by atoms with Crippen LogP contribution in [0.1, 0.15) is 103 Å². The summed E-state index contributed by atoms with van der Waals surface area (Å²) in [7, 11) is 0. The zero-order valence-electron chi connectivity index (χ0n) is 31.5. The van der Waals surface area contributed by atoms with Crippen molar-refractivity contribution in [3.05, 3.63) is 86.4 Å². The zero-order chi connectivity index (χ0) is 40.8. The number of carbonyl (C=O) groups excluding carboxylic acids is 5. The van der Waals surface area contributed by atoms with E-state index in [1.165, 1.54) is 4.68 Å². The molecule has 0 unspecified atom stereocenters. The second-order valence-corrected chi connectivity index (χ2v) is 15.0. The highest BCUT2D eigenvalue weighted by Crippen LogP contribution is 2.40. The molecule has 3 aliphatic rings. The lowest BCUT2D eigenvalue weighted by molar-refractivity contribution is -0.128. The molecule has 2 aromatic carbocycles. The summed E-state index contributed by atoms with van der Waals surface area (Å²) < 4.78 is 14.8. The van der Waals surface area contributed by atoms with Crippen molar-refractivity contribution in [2.45, 2.75) is 65.7 Å². The lowest BCUT2D eigenvalue weighted by Gasteiger charge is -2.22. The second kappa shape index (κ2) is 20.3. The quantitative estimate of drug-likeness (QED) is 0.0744. The van der Waals surface area contributed by atoms with Crippen LogP contribution in [-0.4, -0.2) is 84.4 Å². The highest BCUT2D eigenvalue weighted by molar-refractivity contribution is 9.10. The molecule has 59 heavy (non-hydrogen) atoms. The predicted molar refractivity (Wildman–Crippen MR) is 223 cm³/mol. The zero-order valence-corrected chi connectivity index (χ0v) is 34.7. The molecule has 3 fully saturated rings. The summed E-state index contributed by atoms with van der Waals surface area (Å²) in [4.78, 5) is 81.6. The van der Waals surface area contributed by atoms with Gasteiger partial charge in [0.25, 0.3) is 6.47 Å². The molecule has 3 saturated carbocycles. The number of amides is 2. The third-order valence-electron chi connectivity index (χ3n) is 8.95. The molecule has 312 valence electrons. The van der Waals surface area contributed by atoms with E-state index in [0.717, 1.165) is 38.2 Å². The summed E-state index contributed by atoms with van der Waals surface area (Å²) in [5.41, 5.74) is 1.85. The molecule has 19 heteroatoms. The number of fused-ring (bicyclic) bond motifs is 1. The van der Waals surface area contributed by atoms with Gasteiger partial charge in [0.1, 0.15) is 5.82 Å². The van der Waals surface area contributed by atoms with Crippen LogP contribution in [0.4, 0.5) is 5.82 Å². The first-order valence-corrected chi connectivity index (χ1v) is 19.8. The monoisotopic (exact) mass is 938 g/mol. The maximum Gasteiger partial charge on any atom is 0.359 e. The van der Waals surface area contributed by atoms with Gasteiger partial charge in [-0.2, -0.15) is 10.2 Å². The predicted octanol–water partition coefficient (Wildman–Crippen LogP) is 7.43. The third-order valence-corrected chi connectivity index (χ3v) is 9.94. The molecule has 0 saturated heterocycles. The molecule has 0 radical (unpaired) electrons. The van der Waals surface area contributed by atoms with Gasteiger partial charge < -0.3 is 20.7 Å². The van der Waals surface area contributed by atoms with Gasteiger partial charge in [-0.3, -0.25) is 19.2 Å². The topological polar surface area (TPSA) is 241 Å². The Morgan fingerprint density at radius 2 is 1.31 bits per heavy atom. The highest BCUT2D eigenvalue weighted by Gasteiger charge is 2.45. The highest BCUT2D eigenvalue weighted by atomic mass is 79.9. The molecule has 3 heterocycles. The maximum absolute atomic E-state index is 13.1. The fourth-order valence-corrected chi connectivity index (χ4v) is 6.59. The van der Waals surface area contributed by atoms with Crippen LogP contribution in [0, 0.1) is 11.8 Å². The molecule has 3 aromatic heterocycles. The number of imide groups is 1. The van der Waals surface area contributed by atoms with Crippen LogP contribution in [0.5, 0.6) is 0 Å². The first-order valence-electron chi connectivity index (χ1n) is 18.2. The molecule has 0 aliphatic heterocycles. The summed E-state index contributed by atoms with van der Waals surface area (Å²) in [5.74, 6) is -1.25. The number of ether oxygens (including phenoxy) is 2. The third kappa shape index (κ3) is 10.5. The van der Waals surface area contributed by atoms with E-state index in [1.807, 2.05) is 30.3 Å². The Balaban J connectivity index is 0.000000241. The number of hydrogen-bond acceptors (Lipinski definition) is 13. The number of carbonyl (C=O) groups is 6. The van der Waals surface area contributed by atoms with Crippen LogP contribution >= 0.6 is 31.9 Å². The van der Waals surface area contributed by atoms with Crippen molar-refractivity contribution in [2.75, 3.05) is 18.1 Å². The number of benzene rings is 2. The Labute approximate surface area is 356 Å². The van der Waals surface area contributed by atoms with Gasteiger partial charge in [-0.05, 0) is 88.8 Å². The Hall–Kier alpha value is -5.66. The number of aldehydes is 1. The van der Waals surface area contributed by atoms with Gasteiger partial charge in [-0.15, -0.1) is 0 Å². The molecule has 2 amide bonds. The van der Waals surface area contributed by atoms with E-state index < -0.39 is 11.9 Å². The van der Waals surface area contributed by atoms with Crippen molar-refractivity contribution in [2.24, 2.45) is 11.8 Å². The van der Waals surface area contributed by atoms with E-state index in [9.17, 15) is 24.0 Å². The van der Waals surface area contributed by atoms with Gasteiger partial charge in [0.2, 0.25) is 11.8 Å². The van der Waals surface area contributed by atoms with Gasteiger partial charge in [0.15, 0.2) is 29.1 Å². The summed E-state index contributed by atoms with van der Waals surface area (Å²) >= 11 is 6.86. The summed E-state index contributed by atoms with van der Waals surface area (Å²) in [6, 6.07) is 14.7. The Bertz CT molecular complexity index is 2330. The minimum Gasteiger partial charge on any atom is -0.483 e. The molecule has 17 nitrogen and oxygen atoms in total. The van der Waals surface area contributed by atoms with E-state index in [0.29, 0.717) is 61.2 Å². The van der Waals surface area contributed by atoms with E-state index >= 15 is 0 Å². The van der Waals surface area contributed by atoms with E-state index in [-0.39, 0.29) is 73.1 Å². The number of carboxylic acid groups (broad SMARTS) is 1. The molecule has 5 aromatic rings. The average molecular weight is 941 g/mol. The minimum atomic E-state index is -0.785. The summed E-state index contributed by atoms with van der Waals surface area (Å²) in [6.07, 6.45) is 7.14. The average Bonchev–Trinajstić information content (AvgIpc) is 4.07. The SMILES string of the molecule is C.CCOC(=O)c1nn(-c2cccc(Br)c2)c(N(C(=O)C2CC2)C(=O)C2CC2)c1C=O.CCOC(=O)c1nn(-c2cccc(Br)c2)c2nc(C3CC3)ncc12.N.O=CO. The number of aromatic nitrogens is 6. The van der Waals surface area contributed by atoms with Gasteiger partial charge in [-0.25, -0.2) is 33.8 Å². The minimum absolute atomic E-state index is 0. The number of rotatable bonds is 11. The Kier molecular flexibility index (Phi) is 15.9. The van der Waals surface area contributed by atoms with Crippen molar-refractivity contribution in [1.29, 1.82) is 0 Å². The first kappa shape index (κ1) is 46.0. The Morgan fingerprint density at radius 1 is 0.814 bits per heavy atom. The molecule has 0 bridgehead atoms.